The van der Waals surface area contributed by atoms with Gasteiger partial charge in [0.05, 0.1) is 5.54 Å². The average Bonchev–Trinajstić information content (AvgIpc) is 2.23. The molecule has 0 saturated heterocycles. The van der Waals surface area contributed by atoms with Crippen LogP contribution in [0, 0.1) is 5.92 Å². The lowest BCUT2D eigenvalue weighted by molar-refractivity contribution is -0.126. The first-order valence-electron chi connectivity index (χ1n) is 5.52. The highest BCUT2D eigenvalue weighted by Crippen LogP contribution is 2.04. The molecule has 0 aliphatic carbocycles. The summed E-state index contributed by atoms with van der Waals surface area (Å²) in [7, 11) is 1.77. The molecule has 4 nitrogen and oxygen atoms in total. The Morgan fingerprint density at radius 1 is 1.47 bits per heavy atom. The zero-order chi connectivity index (χ0) is 11.9. The molecule has 0 heterocycles. The zero-order valence-electron chi connectivity index (χ0n) is 10.3. The highest BCUT2D eigenvalue weighted by molar-refractivity contribution is 5.85. The number of amides is 1. The minimum atomic E-state index is -0.511. The van der Waals surface area contributed by atoms with Crippen molar-refractivity contribution in [3.63, 3.8) is 0 Å². The normalized spacial score (nSPS) is 13.7. The fraction of sp³-hybridized carbons (Fsp3) is 0.909. The van der Waals surface area contributed by atoms with Gasteiger partial charge in [-0.05, 0) is 39.7 Å². The third kappa shape index (κ3) is 5.74. The molecule has 1 unspecified atom stereocenters. The monoisotopic (exact) mass is 216 g/mol. The van der Waals surface area contributed by atoms with E-state index in [4.69, 9.17) is 5.11 Å². The summed E-state index contributed by atoms with van der Waals surface area (Å²) in [5, 5.41) is 14.6. The maximum atomic E-state index is 11.6. The molecule has 0 fully saturated rings. The van der Waals surface area contributed by atoms with Crippen LogP contribution >= 0.6 is 0 Å². The Kier molecular flexibility index (Phi) is 6.52. The number of rotatable bonds is 7. The number of likely N-dealkylation sites (N-methyl/N-ethyl adjacent to an activating group) is 1. The van der Waals surface area contributed by atoms with Gasteiger partial charge < -0.3 is 15.7 Å². The quantitative estimate of drug-likeness (QED) is 0.543. The van der Waals surface area contributed by atoms with Gasteiger partial charge in [-0.3, -0.25) is 4.79 Å². The number of hydrogen-bond donors (Lipinski definition) is 3. The van der Waals surface area contributed by atoms with Crippen LogP contribution in [0.5, 0.6) is 0 Å². The Labute approximate surface area is 92.4 Å². The smallest absolute Gasteiger partial charge is 0.239 e. The molecule has 0 rings (SSSR count). The molecule has 90 valence electrons. The van der Waals surface area contributed by atoms with E-state index in [1.165, 1.54) is 0 Å². The van der Waals surface area contributed by atoms with Gasteiger partial charge in [0, 0.05) is 13.2 Å². The van der Waals surface area contributed by atoms with Gasteiger partial charge in [0.25, 0.3) is 0 Å². The first kappa shape index (κ1) is 14.4. The molecule has 15 heavy (non-hydrogen) atoms. The molecule has 1 amide bonds. The van der Waals surface area contributed by atoms with Gasteiger partial charge in [0.2, 0.25) is 5.91 Å². The van der Waals surface area contributed by atoms with E-state index in [-0.39, 0.29) is 12.5 Å². The van der Waals surface area contributed by atoms with Crippen LogP contribution in [0.3, 0.4) is 0 Å². The lowest BCUT2D eigenvalue weighted by atomic mass is 10.0. The summed E-state index contributed by atoms with van der Waals surface area (Å²) in [6, 6.07) is 0. The minimum Gasteiger partial charge on any atom is -0.396 e. The third-order valence-corrected chi connectivity index (χ3v) is 2.66. The predicted octanol–water partition coefficient (Wildman–Crippen LogP) is 0.509. The molecule has 0 aliphatic rings. The van der Waals surface area contributed by atoms with Gasteiger partial charge in [-0.1, -0.05) is 6.92 Å². The van der Waals surface area contributed by atoms with E-state index in [2.05, 4.69) is 10.6 Å². The first-order valence-corrected chi connectivity index (χ1v) is 5.52. The van der Waals surface area contributed by atoms with Crippen LogP contribution in [0.15, 0.2) is 0 Å². The molecule has 1 atom stereocenters. The van der Waals surface area contributed by atoms with Gasteiger partial charge in [-0.2, -0.15) is 0 Å². The van der Waals surface area contributed by atoms with E-state index >= 15 is 0 Å². The summed E-state index contributed by atoms with van der Waals surface area (Å²) in [5.41, 5.74) is -0.511. The Morgan fingerprint density at radius 2 is 2.07 bits per heavy atom. The van der Waals surface area contributed by atoms with Crippen LogP contribution in [0.4, 0.5) is 0 Å². The molecule has 0 radical (unpaired) electrons. The second kappa shape index (κ2) is 6.80. The predicted molar refractivity (Wildman–Crippen MR) is 61.6 cm³/mol. The van der Waals surface area contributed by atoms with Crippen LogP contribution in [0.2, 0.25) is 0 Å². The summed E-state index contributed by atoms with van der Waals surface area (Å²) in [5.74, 6) is 0.334. The molecular weight excluding hydrogens is 192 g/mol. The summed E-state index contributed by atoms with van der Waals surface area (Å²) in [6.45, 7) is 6.58. The Bertz CT molecular complexity index is 193. The zero-order valence-corrected chi connectivity index (χ0v) is 10.3. The molecule has 0 spiro atoms. The van der Waals surface area contributed by atoms with Crippen molar-refractivity contribution in [3.8, 4) is 0 Å². The molecule has 0 aromatic rings. The van der Waals surface area contributed by atoms with Crippen molar-refractivity contribution in [1.29, 1.82) is 0 Å². The van der Waals surface area contributed by atoms with E-state index in [9.17, 15) is 4.79 Å². The molecule has 3 N–H and O–H groups in total. The fourth-order valence-electron chi connectivity index (χ4n) is 1.08. The highest BCUT2D eigenvalue weighted by Gasteiger charge is 2.24. The Morgan fingerprint density at radius 3 is 2.53 bits per heavy atom. The van der Waals surface area contributed by atoms with Gasteiger partial charge in [0.1, 0.15) is 0 Å². The minimum absolute atomic E-state index is 0.0154. The maximum Gasteiger partial charge on any atom is 0.239 e. The van der Waals surface area contributed by atoms with Crippen molar-refractivity contribution in [1.82, 2.24) is 10.6 Å². The number of aliphatic hydroxyl groups excluding tert-OH is 1. The fourth-order valence-corrected chi connectivity index (χ4v) is 1.08. The van der Waals surface area contributed by atoms with E-state index in [1.807, 2.05) is 20.8 Å². The maximum absolute atomic E-state index is 11.6. The van der Waals surface area contributed by atoms with Crippen LogP contribution < -0.4 is 10.6 Å². The largest absolute Gasteiger partial charge is 0.396 e. The van der Waals surface area contributed by atoms with Crippen molar-refractivity contribution < 1.29 is 9.90 Å². The van der Waals surface area contributed by atoms with Crippen molar-refractivity contribution in [2.75, 3.05) is 20.2 Å². The van der Waals surface area contributed by atoms with Crippen molar-refractivity contribution in [2.24, 2.45) is 5.92 Å². The SMILES string of the molecule is CNC(C)(C)C(=O)NCCCC(C)CO. The summed E-state index contributed by atoms with van der Waals surface area (Å²) < 4.78 is 0. The van der Waals surface area contributed by atoms with Crippen molar-refractivity contribution >= 4 is 5.91 Å². The van der Waals surface area contributed by atoms with Gasteiger partial charge in [-0.15, -0.1) is 0 Å². The molecule has 4 heteroatoms. The average molecular weight is 216 g/mol. The number of nitrogens with one attached hydrogen (secondary N) is 2. The number of carbonyl (C=O) groups is 1. The van der Waals surface area contributed by atoms with Gasteiger partial charge in [0.15, 0.2) is 0 Å². The number of aliphatic hydroxyl groups is 1. The summed E-state index contributed by atoms with van der Waals surface area (Å²) >= 11 is 0. The van der Waals surface area contributed by atoms with E-state index in [0.717, 1.165) is 12.8 Å². The van der Waals surface area contributed by atoms with Crippen LogP contribution in [0.1, 0.15) is 33.6 Å². The second-order valence-electron chi connectivity index (χ2n) is 4.56. The number of hydrogen-bond acceptors (Lipinski definition) is 3. The molecule has 0 aromatic carbocycles. The number of carbonyl (C=O) groups excluding carboxylic acids is 1. The summed E-state index contributed by atoms with van der Waals surface area (Å²) in [6.07, 6.45) is 1.85. The topological polar surface area (TPSA) is 61.4 Å². The first-order chi connectivity index (χ1) is 6.94. The standard InChI is InChI=1S/C11H24N2O2/c1-9(8-14)6-5-7-13-10(15)11(2,3)12-4/h9,12,14H,5-8H2,1-4H3,(H,13,15). The second-order valence-corrected chi connectivity index (χ2v) is 4.56. The molecule has 0 bridgehead atoms. The van der Waals surface area contributed by atoms with Crippen LogP contribution in [0.25, 0.3) is 0 Å². The van der Waals surface area contributed by atoms with Crippen molar-refractivity contribution in [2.45, 2.75) is 39.2 Å². The molecule has 0 saturated carbocycles. The molecular formula is C11H24N2O2. The van der Waals surface area contributed by atoms with Crippen LogP contribution in [-0.2, 0) is 4.79 Å². The lowest BCUT2D eigenvalue weighted by Gasteiger charge is -2.22. The highest BCUT2D eigenvalue weighted by atomic mass is 16.3. The Hall–Kier alpha value is -0.610. The third-order valence-electron chi connectivity index (χ3n) is 2.66. The van der Waals surface area contributed by atoms with E-state index in [0.29, 0.717) is 12.5 Å². The van der Waals surface area contributed by atoms with Crippen LogP contribution in [-0.4, -0.2) is 36.8 Å². The van der Waals surface area contributed by atoms with E-state index in [1.54, 1.807) is 7.05 Å². The van der Waals surface area contributed by atoms with Crippen molar-refractivity contribution in [3.05, 3.63) is 0 Å². The van der Waals surface area contributed by atoms with Gasteiger partial charge >= 0.3 is 0 Å². The van der Waals surface area contributed by atoms with E-state index < -0.39 is 5.54 Å². The molecule has 0 aromatic heterocycles. The lowest BCUT2D eigenvalue weighted by Crippen LogP contribution is -2.51. The Balaban J connectivity index is 3.64. The summed E-state index contributed by atoms with van der Waals surface area (Å²) in [4.78, 5) is 11.6. The van der Waals surface area contributed by atoms with Gasteiger partial charge in [-0.25, -0.2) is 0 Å². The molecule has 0 aliphatic heterocycles.